The van der Waals surface area contributed by atoms with E-state index in [1.54, 1.807) is 22.9 Å². The number of hydrogen-bond acceptors (Lipinski definition) is 4. The smallest absolute Gasteiger partial charge is 0.273 e. The maximum Gasteiger partial charge on any atom is 0.273 e. The van der Waals surface area contributed by atoms with E-state index < -0.39 is 23.2 Å². The lowest BCUT2D eigenvalue weighted by molar-refractivity contribution is -0.125. The molecule has 0 saturated heterocycles. The Bertz CT molecular complexity index is 1250. The minimum absolute atomic E-state index is 0.0617. The molecule has 1 saturated carbocycles. The van der Waals surface area contributed by atoms with E-state index in [1.165, 1.54) is 12.1 Å². The fourth-order valence-corrected chi connectivity index (χ4v) is 3.68. The minimum Gasteiger partial charge on any atom is -0.352 e. The Labute approximate surface area is 191 Å². The molecule has 2 amide bonds. The van der Waals surface area contributed by atoms with Crippen LogP contribution in [0.1, 0.15) is 55.2 Å². The van der Waals surface area contributed by atoms with Crippen LogP contribution in [0, 0.1) is 22.6 Å². The van der Waals surface area contributed by atoms with E-state index in [-0.39, 0.29) is 17.6 Å². The Morgan fingerprint density at radius 1 is 1.21 bits per heavy atom. The van der Waals surface area contributed by atoms with Gasteiger partial charge in [-0.3, -0.25) is 14.3 Å². The Morgan fingerprint density at radius 3 is 2.52 bits per heavy atom. The first-order chi connectivity index (χ1) is 15.7. The van der Waals surface area contributed by atoms with Crippen LogP contribution in [0.2, 0.25) is 0 Å². The van der Waals surface area contributed by atoms with Gasteiger partial charge in [-0.2, -0.15) is 10.4 Å². The second kappa shape index (κ2) is 8.66. The molecule has 1 aromatic heterocycles. The van der Waals surface area contributed by atoms with Gasteiger partial charge in [0.2, 0.25) is 5.91 Å². The van der Waals surface area contributed by atoms with Crippen LogP contribution in [0.5, 0.6) is 0 Å². The van der Waals surface area contributed by atoms with Crippen LogP contribution in [0.25, 0.3) is 10.9 Å². The van der Waals surface area contributed by atoms with E-state index in [2.05, 4.69) is 21.8 Å². The molecule has 0 aliphatic heterocycles. The quantitative estimate of drug-likeness (QED) is 0.604. The Kier molecular flexibility index (Phi) is 5.90. The van der Waals surface area contributed by atoms with Crippen molar-refractivity contribution < 1.29 is 14.0 Å². The van der Waals surface area contributed by atoms with Gasteiger partial charge in [-0.05, 0) is 54.2 Å². The third-order valence-electron chi connectivity index (χ3n) is 5.67. The van der Waals surface area contributed by atoms with Crippen molar-refractivity contribution in [1.29, 1.82) is 5.26 Å². The summed E-state index contributed by atoms with van der Waals surface area (Å²) in [6, 6.07) is 12.7. The molecule has 1 aliphatic rings. The van der Waals surface area contributed by atoms with E-state index in [0.717, 1.165) is 18.4 Å². The zero-order valence-corrected chi connectivity index (χ0v) is 18.9. The average molecular weight is 448 g/mol. The van der Waals surface area contributed by atoms with Crippen molar-refractivity contribution in [3.8, 4) is 6.07 Å². The Balaban J connectivity index is 1.65. The number of fused-ring (bicyclic) bond motifs is 1. The van der Waals surface area contributed by atoms with Gasteiger partial charge in [0.1, 0.15) is 11.9 Å². The highest BCUT2D eigenvalue weighted by Crippen LogP contribution is 2.25. The van der Waals surface area contributed by atoms with Crippen LogP contribution in [0.15, 0.2) is 42.5 Å². The number of hydrogen-bond donors (Lipinski definition) is 2. The van der Waals surface area contributed by atoms with Crippen molar-refractivity contribution in [2.45, 2.75) is 52.2 Å². The summed E-state index contributed by atoms with van der Waals surface area (Å²) in [7, 11) is 0. The normalized spacial score (nSPS) is 14.5. The molecule has 1 heterocycles. The third-order valence-corrected chi connectivity index (χ3v) is 5.67. The summed E-state index contributed by atoms with van der Waals surface area (Å²) in [6.07, 6.45) is 1.89. The number of nitriles is 1. The zero-order valence-electron chi connectivity index (χ0n) is 18.9. The summed E-state index contributed by atoms with van der Waals surface area (Å²) in [6.45, 7) is 5.98. The van der Waals surface area contributed by atoms with Crippen molar-refractivity contribution in [3.63, 3.8) is 0 Å². The Hall–Kier alpha value is -3.73. The predicted molar refractivity (Wildman–Crippen MR) is 122 cm³/mol. The monoisotopic (exact) mass is 447 g/mol. The molecule has 1 fully saturated rings. The molecule has 33 heavy (non-hydrogen) atoms. The molecule has 0 bridgehead atoms. The molecule has 7 nitrogen and oxygen atoms in total. The first kappa shape index (κ1) is 22.5. The summed E-state index contributed by atoms with van der Waals surface area (Å²) in [5.74, 6) is -1.24. The highest BCUT2D eigenvalue weighted by Gasteiger charge is 2.36. The number of halogens is 1. The van der Waals surface area contributed by atoms with Gasteiger partial charge in [0.25, 0.3) is 5.91 Å². The van der Waals surface area contributed by atoms with E-state index >= 15 is 0 Å². The minimum atomic E-state index is -0.766. The molecule has 2 N–H and O–H groups in total. The van der Waals surface area contributed by atoms with Gasteiger partial charge in [-0.15, -0.1) is 0 Å². The van der Waals surface area contributed by atoms with E-state index in [1.807, 2.05) is 32.9 Å². The molecular weight excluding hydrogens is 421 g/mol. The maximum absolute atomic E-state index is 14.1. The van der Waals surface area contributed by atoms with Crippen LogP contribution in [-0.4, -0.2) is 33.7 Å². The lowest BCUT2D eigenvalue weighted by Crippen LogP contribution is -2.54. The fraction of sp³-hybridized carbons (Fsp3) is 0.360. The van der Waals surface area contributed by atoms with Gasteiger partial charge >= 0.3 is 0 Å². The molecule has 4 rings (SSSR count). The molecule has 0 radical (unpaired) electrons. The van der Waals surface area contributed by atoms with Gasteiger partial charge in [-0.1, -0.05) is 32.9 Å². The van der Waals surface area contributed by atoms with Gasteiger partial charge in [0.05, 0.1) is 23.7 Å². The molecule has 0 unspecified atom stereocenters. The van der Waals surface area contributed by atoms with Crippen molar-refractivity contribution in [3.05, 3.63) is 65.1 Å². The maximum atomic E-state index is 14.1. The topological polar surface area (TPSA) is 99.8 Å². The number of amides is 2. The number of nitrogens with zero attached hydrogens (tertiary/aromatic N) is 3. The van der Waals surface area contributed by atoms with Gasteiger partial charge in [0, 0.05) is 11.4 Å². The standard InChI is InChI=1S/C25H26FN5O2/c1-25(2,3)22(24(33)28-18-9-10-18)29-23(32)21-19-12-17(26)8-11-20(19)31(30-21)14-16-6-4-15(13-27)5-7-16/h4-8,11-12,18,22H,9-10,14H2,1-3H3,(H,28,33)(H,29,32)/t22-/m1/s1. The predicted octanol–water partition coefficient (Wildman–Crippen LogP) is 3.52. The van der Waals surface area contributed by atoms with Crippen molar-refractivity contribution in [1.82, 2.24) is 20.4 Å². The van der Waals surface area contributed by atoms with Crippen LogP contribution in [0.4, 0.5) is 4.39 Å². The van der Waals surface area contributed by atoms with Crippen LogP contribution >= 0.6 is 0 Å². The molecule has 2 aromatic carbocycles. The largest absolute Gasteiger partial charge is 0.352 e. The second-order valence-electron chi connectivity index (χ2n) is 9.53. The number of benzene rings is 2. The van der Waals surface area contributed by atoms with E-state index in [0.29, 0.717) is 23.0 Å². The average Bonchev–Trinajstić information content (AvgIpc) is 3.51. The molecule has 0 spiro atoms. The van der Waals surface area contributed by atoms with Crippen LogP contribution < -0.4 is 10.6 Å². The summed E-state index contributed by atoms with van der Waals surface area (Å²) < 4.78 is 15.7. The summed E-state index contributed by atoms with van der Waals surface area (Å²) >= 11 is 0. The van der Waals surface area contributed by atoms with Crippen molar-refractivity contribution >= 4 is 22.7 Å². The molecule has 1 atom stereocenters. The number of nitrogens with one attached hydrogen (secondary N) is 2. The summed E-state index contributed by atoms with van der Waals surface area (Å²) in [5, 5.41) is 19.6. The lowest BCUT2D eigenvalue weighted by Gasteiger charge is -2.30. The second-order valence-corrected chi connectivity index (χ2v) is 9.53. The SMILES string of the molecule is CC(C)(C)[C@H](NC(=O)c1nn(Cc2ccc(C#N)cc2)c2ccc(F)cc12)C(=O)NC1CC1. The molecular formula is C25H26FN5O2. The van der Waals surface area contributed by atoms with Crippen LogP contribution in [0.3, 0.4) is 0 Å². The molecule has 3 aromatic rings. The summed E-state index contributed by atoms with van der Waals surface area (Å²) in [4.78, 5) is 26.0. The Morgan fingerprint density at radius 2 is 1.91 bits per heavy atom. The first-order valence-corrected chi connectivity index (χ1v) is 10.9. The third kappa shape index (κ3) is 5.03. The van der Waals surface area contributed by atoms with Crippen molar-refractivity contribution in [2.24, 2.45) is 5.41 Å². The highest BCUT2D eigenvalue weighted by atomic mass is 19.1. The molecule has 170 valence electrons. The number of carbonyl (C=O) groups is 2. The van der Waals surface area contributed by atoms with Crippen molar-refractivity contribution in [2.75, 3.05) is 0 Å². The zero-order chi connectivity index (χ0) is 23.8. The number of rotatable bonds is 6. The summed E-state index contributed by atoms with van der Waals surface area (Å²) in [5.41, 5.74) is 1.56. The van der Waals surface area contributed by atoms with E-state index in [4.69, 9.17) is 5.26 Å². The number of aromatic nitrogens is 2. The molecule has 1 aliphatic carbocycles. The molecule has 8 heteroatoms. The van der Waals surface area contributed by atoms with Gasteiger partial charge < -0.3 is 10.6 Å². The number of carbonyl (C=O) groups excluding carboxylic acids is 2. The van der Waals surface area contributed by atoms with Gasteiger partial charge in [-0.25, -0.2) is 4.39 Å². The highest BCUT2D eigenvalue weighted by molar-refractivity contribution is 6.06. The first-order valence-electron chi connectivity index (χ1n) is 10.9. The van der Waals surface area contributed by atoms with Gasteiger partial charge in [0.15, 0.2) is 5.69 Å². The fourth-order valence-electron chi connectivity index (χ4n) is 3.68. The van der Waals surface area contributed by atoms with Crippen LogP contribution in [-0.2, 0) is 11.3 Å². The van der Waals surface area contributed by atoms with E-state index in [9.17, 15) is 14.0 Å². The lowest BCUT2D eigenvalue weighted by atomic mass is 9.86.